The molecule has 22 heavy (non-hydrogen) atoms. The fraction of sp³-hybridized carbons (Fsp3) is 0.556. The molecular formula is C18H26N4. The van der Waals surface area contributed by atoms with Gasteiger partial charge in [-0.2, -0.15) is 4.98 Å². The number of hydrogen-bond donors (Lipinski definition) is 1. The lowest BCUT2D eigenvalue weighted by Gasteiger charge is -2.25. The van der Waals surface area contributed by atoms with Gasteiger partial charge in [0.15, 0.2) is 0 Å². The van der Waals surface area contributed by atoms with E-state index < -0.39 is 0 Å². The van der Waals surface area contributed by atoms with Crippen molar-refractivity contribution in [3.63, 3.8) is 0 Å². The van der Waals surface area contributed by atoms with Crippen LogP contribution < -0.4 is 10.2 Å². The van der Waals surface area contributed by atoms with Gasteiger partial charge in [-0.05, 0) is 38.8 Å². The molecule has 0 atom stereocenters. The maximum Gasteiger partial charge on any atom is 0.227 e. The van der Waals surface area contributed by atoms with E-state index in [2.05, 4.69) is 42.3 Å². The summed E-state index contributed by atoms with van der Waals surface area (Å²) < 4.78 is 0. The minimum absolute atomic E-state index is 0.552. The van der Waals surface area contributed by atoms with E-state index in [4.69, 9.17) is 9.97 Å². The summed E-state index contributed by atoms with van der Waals surface area (Å²) in [7, 11) is 0. The molecule has 4 heteroatoms. The van der Waals surface area contributed by atoms with Crippen molar-refractivity contribution in [2.75, 3.05) is 23.3 Å². The van der Waals surface area contributed by atoms with Crippen LogP contribution >= 0.6 is 0 Å². The quantitative estimate of drug-likeness (QED) is 0.897. The summed E-state index contributed by atoms with van der Waals surface area (Å²) in [6.07, 6.45) is 6.51. The first-order valence-corrected chi connectivity index (χ1v) is 8.60. The zero-order valence-corrected chi connectivity index (χ0v) is 13.7. The lowest BCUT2D eigenvalue weighted by molar-refractivity contribution is 0.462. The van der Waals surface area contributed by atoms with Crippen molar-refractivity contribution in [2.24, 2.45) is 0 Å². The van der Waals surface area contributed by atoms with Gasteiger partial charge in [-0.3, -0.25) is 0 Å². The predicted octanol–water partition coefficient (Wildman–Crippen LogP) is 4.22. The molecule has 1 aliphatic carbocycles. The number of benzene rings is 1. The van der Waals surface area contributed by atoms with Crippen LogP contribution in [0.5, 0.6) is 0 Å². The van der Waals surface area contributed by atoms with Crippen molar-refractivity contribution in [3.8, 4) is 0 Å². The highest BCUT2D eigenvalue weighted by Crippen LogP contribution is 2.27. The van der Waals surface area contributed by atoms with E-state index in [0.29, 0.717) is 6.04 Å². The molecule has 1 heterocycles. The second kappa shape index (κ2) is 6.95. The van der Waals surface area contributed by atoms with Gasteiger partial charge in [-0.15, -0.1) is 0 Å². The van der Waals surface area contributed by atoms with Crippen molar-refractivity contribution in [1.29, 1.82) is 0 Å². The van der Waals surface area contributed by atoms with Crippen molar-refractivity contribution >= 4 is 22.7 Å². The molecule has 0 saturated heterocycles. The molecule has 3 rings (SSSR count). The van der Waals surface area contributed by atoms with Gasteiger partial charge in [-0.1, -0.05) is 31.4 Å². The Hall–Kier alpha value is -1.84. The van der Waals surface area contributed by atoms with E-state index in [1.807, 2.05) is 6.07 Å². The first-order chi connectivity index (χ1) is 10.8. The fourth-order valence-electron chi connectivity index (χ4n) is 3.26. The number of hydrogen-bond acceptors (Lipinski definition) is 4. The smallest absolute Gasteiger partial charge is 0.227 e. The zero-order valence-electron chi connectivity index (χ0n) is 13.7. The van der Waals surface area contributed by atoms with E-state index in [1.165, 1.54) is 32.1 Å². The van der Waals surface area contributed by atoms with Crippen LogP contribution in [0.4, 0.5) is 11.8 Å². The standard InChI is InChI=1S/C18H26N4/c1-3-22(4-2)18-20-16-13-9-8-12-15(16)17(21-18)19-14-10-6-5-7-11-14/h8-9,12-14H,3-7,10-11H2,1-2H3,(H,19,20,21). The van der Waals surface area contributed by atoms with Gasteiger partial charge in [0.1, 0.15) is 5.82 Å². The Morgan fingerprint density at radius 3 is 2.50 bits per heavy atom. The van der Waals surface area contributed by atoms with Crippen LogP contribution in [0.15, 0.2) is 24.3 Å². The van der Waals surface area contributed by atoms with Crippen LogP contribution in [-0.2, 0) is 0 Å². The lowest BCUT2D eigenvalue weighted by Crippen LogP contribution is -2.26. The highest BCUT2D eigenvalue weighted by atomic mass is 15.3. The number of nitrogens with one attached hydrogen (secondary N) is 1. The maximum atomic E-state index is 4.84. The number of anilines is 2. The Morgan fingerprint density at radius 2 is 1.77 bits per heavy atom. The van der Waals surface area contributed by atoms with Gasteiger partial charge >= 0.3 is 0 Å². The Labute approximate surface area is 133 Å². The van der Waals surface area contributed by atoms with Crippen molar-refractivity contribution in [3.05, 3.63) is 24.3 Å². The molecule has 1 fully saturated rings. The SMILES string of the molecule is CCN(CC)c1nc(NC2CCCCC2)c2ccccc2n1. The number of aromatic nitrogens is 2. The molecule has 1 aliphatic rings. The van der Waals surface area contributed by atoms with E-state index in [0.717, 1.165) is 35.8 Å². The summed E-state index contributed by atoms with van der Waals surface area (Å²) in [5.74, 6) is 1.83. The van der Waals surface area contributed by atoms with Crippen LogP contribution in [0.2, 0.25) is 0 Å². The van der Waals surface area contributed by atoms with Crippen molar-refractivity contribution < 1.29 is 0 Å². The number of nitrogens with zero attached hydrogens (tertiary/aromatic N) is 3. The van der Waals surface area contributed by atoms with E-state index >= 15 is 0 Å². The molecule has 2 aromatic rings. The first-order valence-electron chi connectivity index (χ1n) is 8.60. The largest absolute Gasteiger partial charge is 0.367 e. The highest BCUT2D eigenvalue weighted by molar-refractivity contribution is 5.90. The van der Waals surface area contributed by atoms with E-state index in [1.54, 1.807) is 0 Å². The van der Waals surface area contributed by atoms with Crippen LogP contribution in [0.1, 0.15) is 46.0 Å². The van der Waals surface area contributed by atoms with Crippen molar-refractivity contribution in [1.82, 2.24) is 9.97 Å². The molecule has 118 valence electrons. The fourth-order valence-corrected chi connectivity index (χ4v) is 3.26. The highest BCUT2D eigenvalue weighted by Gasteiger charge is 2.17. The van der Waals surface area contributed by atoms with Crippen LogP contribution in [-0.4, -0.2) is 29.1 Å². The molecule has 0 aliphatic heterocycles. The first kappa shape index (κ1) is 15.1. The third-order valence-corrected chi connectivity index (χ3v) is 4.58. The Morgan fingerprint density at radius 1 is 1.05 bits per heavy atom. The van der Waals surface area contributed by atoms with Gasteiger partial charge in [0.05, 0.1) is 5.52 Å². The topological polar surface area (TPSA) is 41.1 Å². The Bertz CT molecular complexity index is 616. The van der Waals surface area contributed by atoms with Gasteiger partial charge in [-0.25, -0.2) is 4.98 Å². The second-order valence-electron chi connectivity index (χ2n) is 6.04. The maximum absolute atomic E-state index is 4.84. The summed E-state index contributed by atoms with van der Waals surface area (Å²) in [6.45, 7) is 6.15. The number of para-hydroxylation sites is 1. The van der Waals surface area contributed by atoms with Gasteiger partial charge in [0.25, 0.3) is 0 Å². The number of rotatable bonds is 5. The van der Waals surface area contributed by atoms with Crippen LogP contribution in [0.25, 0.3) is 10.9 Å². The minimum atomic E-state index is 0.552. The number of fused-ring (bicyclic) bond motifs is 1. The van der Waals surface area contributed by atoms with Gasteiger partial charge in [0, 0.05) is 24.5 Å². The van der Waals surface area contributed by atoms with Crippen LogP contribution in [0.3, 0.4) is 0 Å². The molecule has 4 nitrogen and oxygen atoms in total. The third kappa shape index (κ3) is 3.16. The summed E-state index contributed by atoms with van der Waals surface area (Å²) in [5.41, 5.74) is 1.03. The van der Waals surface area contributed by atoms with Crippen LogP contribution in [0, 0.1) is 0 Å². The summed E-state index contributed by atoms with van der Waals surface area (Å²) in [6, 6.07) is 8.86. The minimum Gasteiger partial charge on any atom is -0.367 e. The normalized spacial score (nSPS) is 15.9. The van der Waals surface area contributed by atoms with Crippen molar-refractivity contribution in [2.45, 2.75) is 52.0 Å². The monoisotopic (exact) mass is 298 g/mol. The average Bonchev–Trinajstić information content (AvgIpc) is 2.57. The van der Waals surface area contributed by atoms with Gasteiger partial charge in [0.2, 0.25) is 5.95 Å². The second-order valence-corrected chi connectivity index (χ2v) is 6.04. The molecule has 1 saturated carbocycles. The summed E-state index contributed by atoms with van der Waals surface area (Å²) in [5, 5.41) is 4.82. The summed E-state index contributed by atoms with van der Waals surface area (Å²) >= 11 is 0. The van der Waals surface area contributed by atoms with E-state index in [9.17, 15) is 0 Å². The third-order valence-electron chi connectivity index (χ3n) is 4.58. The lowest BCUT2D eigenvalue weighted by atomic mass is 9.95. The molecule has 0 radical (unpaired) electrons. The average molecular weight is 298 g/mol. The molecule has 0 bridgehead atoms. The molecule has 1 aromatic heterocycles. The zero-order chi connectivity index (χ0) is 15.4. The predicted molar refractivity (Wildman–Crippen MR) is 93.6 cm³/mol. The molecule has 1 N–H and O–H groups in total. The molecule has 1 aromatic carbocycles. The van der Waals surface area contributed by atoms with E-state index in [-0.39, 0.29) is 0 Å². The molecule has 0 spiro atoms. The summed E-state index contributed by atoms with van der Waals surface area (Å²) in [4.78, 5) is 11.8. The molecular weight excluding hydrogens is 272 g/mol. The molecule has 0 amide bonds. The Kier molecular flexibility index (Phi) is 4.76. The molecule has 0 unspecified atom stereocenters. The Balaban J connectivity index is 1.97. The van der Waals surface area contributed by atoms with Gasteiger partial charge < -0.3 is 10.2 Å².